The maximum Gasteiger partial charge on any atom is 0.123 e. The Morgan fingerprint density at radius 2 is 1.47 bits per heavy atom. The van der Waals surface area contributed by atoms with E-state index in [0.717, 1.165) is 79.3 Å². The number of nitrogens with zero attached hydrogens (tertiary/aromatic N) is 4. The molecule has 1 fully saturated rings. The summed E-state index contributed by atoms with van der Waals surface area (Å²) in [5.41, 5.74) is 5.16. The van der Waals surface area contributed by atoms with Crippen LogP contribution in [-0.2, 0) is 6.54 Å². The summed E-state index contributed by atoms with van der Waals surface area (Å²) in [6.45, 7) is 6.07. The molecule has 0 amide bonds. The van der Waals surface area contributed by atoms with Crippen LogP contribution in [0.2, 0.25) is 0 Å². The molecule has 174 valence electrons. The Labute approximate surface area is 198 Å². The molecule has 1 aliphatic heterocycles. The Kier molecular flexibility index (Phi) is 6.74. The van der Waals surface area contributed by atoms with Gasteiger partial charge in [-0.25, -0.2) is 8.78 Å². The molecule has 0 atom stereocenters. The minimum atomic E-state index is -0.280. The first-order chi connectivity index (χ1) is 16.7. The average Bonchev–Trinajstić information content (AvgIpc) is 3.30. The highest BCUT2D eigenvalue weighted by molar-refractivity contribution is 5.81. The van der Waals surface area contributed by atoms with Crippen LogP contribution in [0, 0.1) is 11.6 Å². The average molecular weight is 460 g/mol. The van der Waals surface area contributed by atoms with Crippen molar-refractivity contribution in [3.63, 3.8) is 0 Å². The van der Waals surface area contributed by atoms with E-state index in [0.29, 0.717) is 0 Å². The first-order valence-corrected chi connectivity index (χ1v) is 11.6. The molecule has 1 saturated heterocycles. The van der Waals surface area contributed by atoms with E-state index in [4.69, 9.17) is 5.10 Å². The molecule has 0 unspecified atom stereocenters. The highest BCUT2D eigenvalue weighted by Crippen LogP contribution is 2.33. The van der Waals surface area contributed by atoms with Gasteiger partial charge in [-0.2, -0.15) is 5.10 Å². The topological polar surface area (TPSA) is 46.0 Å². The predicted octanol–water partition coefficient (Wildman–Crippen LogP) is 4.85. The van der Waals surface area contributed by atoms with Crippen molar-refractivity contribution in [3.8, 4) is 33.6 Å². The summed E-state index contributed by atoms with van der Waals surface area (Å²) in [5.74, 6) is -0.547. The van der Waals surface area contributed by atoms with Crippen LogP contribution in [0.5, 0.6) is 0 Å². The third kappa shape index (κ3) is 5.21. The monoisotopic (exact) mass is 459 g/mol. The van der Waals surface area contributed by atoms with E-state index in [1.165, 1.54) is 24.3 Å². The van der Waals surface area contributed by atoms with Crippen LogP contribution in [0.15, 0.2) is 73.1 Å². The van der Waals surface area contributed by atoms with Gasteiger partial charge < -0.3 is 10.2 Å². The SMILES string of the molecule is Fc1ccc(-c2cc(-c3nn(CCCN4CCNCC4)cc3-c3ccc(F)cc3)ccn2)cc1. The lowest BCUT2D eigenvalue weighted by Crippen LogP contribution is -2.43. The minimum Gasteiger partial charge on any atom is -0.314 e. The van der Waals surface area contributed by atoms with Crippen LogP contribution in [0.3, 0.4) is 0 Å². The lowest BCUT2D eigenvalue weighted by atomic mass is 10.0. The van der Waals surface area contributed by atoms with Gasteiger partial charge in [0.15, 0.2) is 0 Å². The highest BCUT2D eigenvalue weighted by Gasteiger charge is 2.15. The van der Waals surface area contributed by atoms with E-state index in [1.54, 1.807) is 30.5 Å². The molecular weight excluding hydrogens is 432 g/mol. The minimum absolute atomic E-state index is 0.267. The number of hydrogen-bond donors (Lipinski definition) is 1. The van der Waals surface area contributed by atoms with Gasteiger partial charge in [0.05, 0.1) is 5.69 Å². The van der Waals surface area contributed by atoms with Crippen molar-refractivity contribution in [1.29, 1.82) is 0 Å². The van der Waals surface area contributed by atoms with Crippen molar-refractivity contribution in [1.82, 2.24) is 25.0 Å². The van der Waals surface area contributed by atoms with Crippen molar-refractivity contribution in [3.05, 3.63) is 84.7 Å². The van der Waals surface area contributed by atoms with E-state index in [-0.39, 0.29) is 11.6 Å². The molecule has 2 aromatic heterocycles. The molecule has 0 spiro atoms. The summed E-state index contributed by atoms with van der Waals surface area (Å²) >= 11 is 0. The molecule has 2 aromatic carbocycles. The molecule has 0 bridgehead atoms. The smallest absolute Gasteiger partial charge is 0.123 e. The van der Waals surface area contributed by atoms with Gasteiger partial charge in [-0.3, -0.25) is 9.67 Å². The molecule has 7 heteroatoms. The number of benzene rings is 2. The number of pyridine rings is 1. The summed E-state index contributed by atoms with van der Waals surface area (Å²) < 4.78 is 28.9. The normalized spacial score (nSPS) is 14.4. The number of halogens is 2. The first kappa shape index (κ1) is 22.4. The van der Waals surface area contributed by atoms with Crippen LogP contribution in [-0.4, -0.2) is 52.4 Å². The molecule has 4 aromatic rings. The highest BCUT2D eigenvalue weighted by atomic mass is 19.1. The number of hydrogen-bond acceptors (Lipinski definition) is 4. The van der Waals surface area contributed by atoms with Gasteiger partial charge in [-0.1, -0.05) is 12.1 Å². The molecular formula is C27H27F2N5. The number of nitrogens with one attached hydrogen (secondary N) is 1. The molecule has 0 aliphatic carbocycles. The number of aromatic nitrogens is 3. The van der Waals surface area contributed by atoms with Gasteiger partial charge in [0.1, 0.15) is 17.3 Å². The Bertz CT molecular complexity index is 1230. The van der Waals surface area contributed by atoms with Gasteiger partial charge in [0, 0.05) is 61.8 Å². The van der Waals surface area contributed by atoms with Crippen molar-refractivity contribution in [2.45, 2.75) is 13.0 Å². The van der Waals surface area contributed by atoms with Crippen molar-refractivity contribution in [2.75, 3.05) is 32.7 Å². The zero-order valence-corrected chi connectivity index (χ0v) is 18.9. The lowest BCUT2D eigenvalue weighted by molar-refractivity contribution is 0.233. The molecule has 34 heavy (non-hydrogen) atoms. The number of rotatable bonds is 7. The summed E-state index contributed by atoms with van der Waals surface area (Å²) in [6.07, 6.45) is 4.78. The van der Waals surface area contributed by atoms with Crippen molar-refractivity contribution in [2.24, 2.45) is 0 Å². The second-order valence-corrected chi connectivity index (χ2v) is 8.54. The molecule has 0 radical (unpaired) electrons. The van der Waals surface area contributed by atoms with Gasteiger partial charge in [0.2, 0.25) is 0 Å². The molecule has 1 aliphatic rings. The maximum absolute atomic E-state index is 13.6. The summed E-state index contributed by atoms with van der Waals surface area (Å²) in [7, 11) is 0. The molecule has 3 heterocycles. The molecule has 5 nitrogen and oxygen atoms in total. The fraction of sp³-hybridized carbons (Fsp3) is 0.259. The van der Waals surface area contributed by atoms with E-state index in [1.807, 2.05) is 23.0 Å². The second kappa shape index (κ2) is 10.2. The fourth-order valence-corrected chi connectivity index (χ4v) is 4.34. The Balaban J connectivity index is 1.44. The second-order valence-electron chi connectivity index (χ2n) is 8.54. The zero-order valence-electron chi connectivity index (χ0n) is 18.9. The summed E-state index contributed by atoms with van der Waals surface area (Å²) in [4.78, 5) is 6.94. The van der Waals surface area contributed by atoms with Gasteiger partial charge in [0.25, 0.3) is 0 Å². The maximum atomic E-state index is 13.6. The van der Waals surface area contributed by atoms with Crippen LogP contribution in [0.1, 0.15) is 6.42 Å². The fourth-order valence-electron chi connectivity index (χ4n) is 4.34. The zero-order chi connectivity index (χ0) is 23.3. The lowest BCUT2D eigenvalue weighted by Gasteiger charge is -2.26. The van der Waals surface area contributed by atoms with Crippen LogP contribution in [0.25, 0.3) is 33.6 Å². The van der Waals surface area contributed by atoms with Crippen LogP contribution in [0.4, 0.5) is 8.78 Å². The Morgan fingerprint density at radius 3 is 2.18 bits per heavy atom. The quantitative estimate of drug-likeness (QED) is 0.429. The first-order valence-electron chi connectivity index (χ1n) is 11.6. The van der Waals surface area contributed by atoms with Gasteiger partial charge in [-0.15, -0.1) is 0 Å². The predicted molar refractivity (Wildman–Crippen MR) is 130 cm³/mol. The van der Waals surface area contributed by atoms with Gasteiger partial charge >= 0.3 is 0 Å². The third-order valence-electron chi connectivity index (χ3n) is 6.16. The van der Waals surface area contributed by atoms with Gasteiger partial charge in [-0.05, 0) is 67.1 Å². The van der Waals surface area contributed by atoms with E-state index < -0.39 is 0 Å². The molecule has 0 saturated carbocycles. The molecule has 1 N–H and O–H groups in total. The standard InChI is InChI=1S/C27H27F2N5/c28-23-6-2-20(3-7-23)25-19-34(15-1-14-33-16-12-30-13-17-33)32-27(25)22-10-11-31-26(18-22)21-4-8-24(29)9-5-21/h2-11,18-19,30H,1,12-17H2. The Hall–Kier alpha value is -3.42. The van der Waals surface area contributed by atoms with E-state index >= 15 is 0 Å². The van der Waals surface area contributed by atoms with Crippen molar-refractivity contribution >= 4 is 0 Å². The Morgan fingerprint density at radius 1 is 0.794 bits per heavy atom. The largest absolute Gasteiger partial charge is 0.314 e. The third-order valence-corrected chi connectivity index (χ3v) is 6.16. The van der Waals surface area contributed by atoms with Crippen molar-refractivity contribution < 1.29 is 8.78 Å². The summed E-state index contributed by atoms with van der Waals surface area (Å²) in [6, 6.07) is 16.7. The molecule has 5 rings (SSSR count). The van der Waals surface area contributed by atoms with Crippen LogP contribution < -0.4 is 5.32 Å². The van der Waals surface area contributed by atoms with E-state index in [9.17, 15) is 8.78 Å². The number of aryl methyl sites for hydroxylation is 1. The van der Waals surface area contributed by atoms with E-state index in [2.05, 4.69) is 15.2 Å². The van der Waals surface area contributed by atoms with Crippen LogP contribution >= 0.6 is 0 Å². The number of piperazine rings is 1. The summed E-state index contributed by atoms with van der Waals surface area (Å²) in [5, 5.41) is 8.30.